The highest BCUT2D eigenvalue weighted by Gasteiger charge is 2.21. The van der Waals surface area contributed by atoms with Crippen molar-refractivity contribution in [2.75, 3.05) is 6.54 Å². The van der Waals surface area contributed by atoms with E-state index in [-0.39, 0.29) is 11.5 Å². The number of benzene rings is 1. The Labute approximate surface area is 109 Å². The summed E-state index contributed by atoms with van der Waals surface area (Å²) < 4.78 is 0. The third kappa shape index (κ3) is 2.99. The van der Waals surface area contributed by atoms with Gasteiger partial charge in [0.2, 0.25) is 0 Å². The molecule has 3 nitrogen and oxygen atoms in total. The van der Waals surface area contributed by atoms with Crippen molar-refractivity contribution in [2.45, 2.75) is 32.2 Å². The fourth-order valence-corrected chi connectivity index (χ4v) is 2.02. The molecular formula is C15H21N3. The molecule has 1 heterocycles. The van der Waals surface area contributed by atoms with Crippen molar-refractivity contribution in [2.24, 2.45) is 0 Å². The monoisotopic (exact) mass is 243 g/mol. The van der Waals surface area contributed by atoms with E-state index < -0.39 is 0 Å². The van der Waals surface area contributed by atoms with Crippen LogP contribution in [0.1, 0.15) is 38.1 Å². The molecule has 1 atom stereocenters. The quantitative estimate of drug-likeness (QED) is 0.847. The maximum atomic E-state index is 3.98. The number of H-pyrrole nitrogens is 1. The minimum absolute atomic E-state index is 0.121. The smallest absolute Gasteiger partial charge is 0.0518 e. The summed E-state index contributed by atoms with van der Waals surface area (Å²) in [5.41, 5.74) is 2.60. The molecule has 0 amide bonds. The highest BCUT2D eigenvalue weighted by molar-refractivity contribution is 5.24. The lowest BCUT2D eigenvalue weighted by molar-refractivity contribution is 0.431. The van der Waals surface area contributed by atoms with Crippen molar-refractivity contribution in [1.29, 1.82) is 0 Å². The summed E-state index contributed by atoms with van der Waals surface area (Å²) in [6.45, 7) is 7.59. The van der Waals surface area contributed by atoms with Gasteiger partial charge < -0.3 is 5.32 Å². The van der Waals surface area contributed by atoms with Crippen LogP contribution in [0.4, 0.5) is 0 Å². The van der Waals surface area contributed by atoms with E-state index in [2.05, 4.69) is 66.6 Å². The third-order valence-electron chi connectivity index (χ3n) is 3.39. The second-order valence-corrected chi connectivity index (χ2v) is 5.36. The predicted molar refractivity (Wildman–Crippen MR) is 74.5 cm³/mol. The van der Waals surface area contributed by atoms with E-state index in [0.29, 0.717) is 0 Å². The summed E-state index contributed by atoms with van der Waals surface area (Å²) >= 11 is 0. The molecule has 96 valence electrons. The molecule has 1 aromatic carbocycles. The highest BCUT2D eigenvalue weighted by atomic mass is 15.1. The van der Waals surface area contributed by atoms with E-state index in [0.717, 1.165) is 12.2 Å². The Morgan fingerprint density at radius 2 is 1.94 bits per heavy atom. The highest BCUT2D eigenvalue weighted by Crippen LogP contribution is 2.22. The van der Waals surface area contributed by atoms with Gasteiger partial charge in [-0.3, -0.25) is 5.10 Å². The summed E-state index contributed by atoms with van der Waals surface area (Å²) in [6.07, 6.45) is 1.79. The second-order valence-electron chi connectivity index (χ2n) is 5.36. The summed E-state index contributed by atoms with van der Waals surface area (Å²) in [6, 6.07) is 12.9. The molecule has 2 N–H and O–H groups in total. The topological polar surface area (TPSA) is 40.7 Å². The van der Waals surface area contributed by atoms with Crippen molar-refractivity contribution in [3.63, 3.8) is 0 Å². The van der Waals surface area contributed by atoms with Crippen LogP contribution in [0.3, 0.4) is 0 Å². The lowest BCUT2D eigenvalue weighted by Crippen LogP contribution is -2.34. The van der Waals surface area contributed by atoms with Crippen LogP contribution < -0.4 is 5.32 Å². The molecule has 0 saturated carbocycles. The Morgan fingerprint density at radius 1 is 1.22 bits per heavy atom. The van der Waals surface area contributed by atoms with E-state index in [9.17, 15) is 0 Å². The van der Waals surface area contributed by atoms with Gasteiger partial charge in [0.15, 0.2) is 0 Å². The minimum Gasteiger partial charge on any atom is -0.308 e. The molecule has 1 unspecified atom stereocenters. The van der Waals surface area contributed by atoms with Crippen molar-refractivity contribution >= 4 is 0 Å². The van der Waals surface area contributed by atoms with E-state index >= 15 is 0 Å². The number of rotatable bonds is 5. The minimum atomic E-state index is 0.121. The van der Waals surface area contributed by atoms with Crippen LogP contribution in [0.15, 0.2) is 42.6 Å². The van der Waals surface area contributed by atoms with E-state index in [1.54, 1.807) is 6.20 Å². The molecule has 2 rings (SSSR count). The van der Waals surface area contributed by atoms with Gasteiger partial charge in [0.1, 0.15) is 0 Å². The van der Waals surface area contributed by atoms with Crippen molar-refractivity contribution in [3.05, 3.63) is 53.9 Å². The maximum Gasteiger partial charge on any atom is 0.0518 e. The Balaban J connectivity index is 1.97. The number of aromatic amines is 1. The molecule has 3 heteroatoms. The van der Waals surface area contributed by atoms with Crippen LogP contribution in [0.2, 0.25) is 0 Å². The number of nitrogens with one attached hydrogen (secondary N) is 2. The number of hydrogen-bond acceptors (Lipinski definition) is 2. The van der Waals surface area contributed by atoms with Crippen LogP contribution in [-0.2, 0) is 5.41 Å². The van der Waals surface area contributed by atoms with Gasteiger partial charge in [-0.2, -0.15) is 5.10 Å². The van der Waals surface area contributed by atoms with E-state index in [1.807, 2.05) is 6.07 Å². The zero-order valence-electron chi connectivity index (χ0n) is 11.3. The Morgan fingerprint density at radius 3 is 2.56 bits per heavy atom. The SMILES string of the molecule is CC(NCC(C)(C)c1ccccc1)c1ccn[nH]1. The van der Waals surface area contributed by atoms with Crippen molar-refractivity contribution in [3.8, 4) is 0 Å². The third-order valence-corrected chi connectivity index (χ3v) is 3.39. The first-order chi connectivity index (χ1) is 8.59. The summed E-state index contributed by atoms with van der Waals surface area (Å²) in [4.78, 5) is 0. The molecule has 0 spiro atoms. The van der Waals surface area contributed by atoms with E-state index in [1.165, 1.54) is 5.56 Å². The van der Waals surface area contributed by atoms with Crippen molar-refractivity contribution in [1.82, 2.24) is 15.5 Å². The fraction of sp³-hybridized carbons (Fsp3) is 0.400. The average Bonchev–Trinajstić information content (AvgIpc) is 2.91. The molecule has 0 saturated heterocycles. The molecule has 0 fully saturated rings. The van der Waals surface area contributed by atoms with Gasteiger partial charge in [0.25, 0.3) is 0 Å². The average molecular weight is 243 g/mol. The lowest BCUT2D eigenvalue weighted by Gasteiger charge is -2.27. The van der Waals surface area contributed by atoms with Gasteiger partial charge in [-0.05, 0) is 18.6 Å². The van der Waals surface area contributed by atoms with Crippen molar-refractivity contribution < 1.29 is 0 Å². The number of nitrogens with zero attached hydrogens (tertiary/aromatic N) is 1. The van der Waals surface area contributed by atoms with E-state index in [4.69, 9.17) is 0 Å². The van der Waals surface area contributed by atoms with Crippen LogP contribution in [0.25, 0.3) is 0 Å². The van der Waals surface area contributed by atoms with Crippen LogP contribution in [0, 0.1) is 0 Å². The summed E-state index contributed by atoms with van der Waals surface area (Å²) in [7, 11) is 0. The first kappa shape index (κ1) is 12.8. The number of hydrogen-bond donors (Lipinski definition) is 2. The zero-order chi connectivity index (χ0) is 13.0. The lowest BCUT2D eigenvalue weighted by atomic mass is 9.84. The predicted octanol–water partition coefficient (Wildman–Crippen LogP) is 3.04. The zero-order valence-corrected chi connectivity index (χ0v) is 11.3. The summed E-state index contributed by atoms with van der Waals surface area (Å²) in [5, 5.41) is 10.5. The van der Waals surface area contributed by atoms with Crippen LogP contribution in [0.5, 0.6) is 0 Å². The molecule has 1 aromatic heterocycles. The van der Waals surface area contributed by atoms with Crippen LogP contribution >= 0.6 is 0 Å². The molecule has 18 heavy (non-hydrogen) atoms. The van der Waals surface area contributed by atoms with Crippen LogP contribution in [-0.4, -0.2) is 16.7 Å². The maximum absolute atomic E-state index is 3.98. The van der Waals surface area contributed by atoms with Gasteiger partial charge in [0, 0.05) is 24.2 Å². The van der Waals surface area contributed by atoms with Gasteiger partial charge in [-0.15, -0.1) is 0 Å². The molecule has 0 bridgehead atoms. The first-order valence-corrected chi connectivity index (χ1v) is 6.38. The largest absolute Gasteiger partial charge is 0.308 e. The molecule has 0 aliphatic carbocycles. The Hall–Kier alpha value is -1.61. The molecule has 0 radical (unpaired) electrons. The Bertz CT molecular complexity index is 460. The molecule has 2 aromatic rings. The van der Waals surface area contributed by atoms with Gasteiger partial charge in [0.05, 0.1) is 5.69 Å². The molecule has 0 aliphatic heterocycles. The first-order valence-electron chi connectivity index (χ1n) is 6.38. The Kier molecular flexibility index (Phi) is 3.82. The summed E-state index contributed by atoms with van der Waals surface area (Å²) in [5.74, 6) is 0. The fourth-order valence-electron chi connectivity index (χ4n) is 2.02. The molecule has 0 aliphatic rings. The number of aromatic nitrogens is 2. The normalized spacial score (nSPS) is 13.5. The van der Waals surface area contributed by atoms with Gasteiger partial charge in [-0.1, -0.05) is 44.2 Å². The standard InChI is InChI=1S/C15H21N3/c1-12(14-9-10-17-18-14)16-11-15(2,3)13-7-5-4-6-8-13/h4-10,12,16H,11H2,1-3H3,(H,17,18). The van der Waals surface area contributed by atoms with Gasteiger partial charge >= 0.3 is 0 Å². The van der Waals surface area contributed by atoms with Gasteiger partial charge in [-0.25, -0.2) is 0 Å². The molecular weight excluding hydrogens is 222 g/mol. The second kappa shape index (κ2) is 5.36.